The Morgan fingerprint density at radius 3 is 2.31 bits per heavy atom. The van der Waals surface area contributed by atoms with Gasteiger partial charge in [-0.3, -0.25) is 9.78 Å². The van der Waals surface area contributed by atoms with Gasteiger partial charge in [-0.25, -0.2) is 0 Å². The second-order valence-corrected chi connectivity index (χ2v) is 10.3. The van der Waals surface area contributed by atoms with E-state index in [-0.39, 0.29) is 11.9 Å². The number of carbonyl (C=O) groups is 1. The summed E-state index contributed by atoms with van der Waals surface area (Å²) < 4.78 is 38.7. The highest BCUT2D eigenvalue weighted by molar-refractivity contribution is 5.92. The van der Waals surface area contributed by atoms with E-state index in [1.165, 1.54) is 18.2 Å². The lowest BCUT2D eigenvalue weighted by atomic mass is 10.0. The zero-order chi connectivity index (χ0) is 28.0. The molecule has 1 fully saturated rings. The Morgan fingerprint density at radius 1 is 1.05 bits per heavy atom. The van der Waals surface area contributed by atoms with Crippen molar-refractivity contribution in [3.63, 3.8) is 0 Å². The third-order valence-electron chi connectivity index (χ3n) is 7.10. The molecular weight excluding hydrogens is 501 g/mol. The van der Waals surface area contributed by atoms with Crippen LogP contribution in [0.4, 0.5) is 24.5 Å². The molecule has 206 valence electrons. The van der Waals surface area contributed by atoms with Gasteiger partial charge in [-0.1, -0.05) is 24.3 Å². The summed E-state index contributed by atoms with van der Waals surface area (Å²) in [5.41, 5.74) is 3.67. The Labute approximate surface area is 228 Å². The van der Waals surface area contributed by atoms with Crippen LogP contribution in [0.5, 0.6) is 0 Å². The number of halogens is 3. The highest BCUT2D eigenvalue weighted by atomic mass is 19.4. The molecule has 4 rings (SSSR count). The molecule has 1 amide bonds. The first kappa shape index (κ1) is 28.4. The Kier molecular flexibility index (Phi) is 9.07. The first-order valence-corrected chi connectivity index (χ1v) is 13.3. The fraction of sp³-hybridized carbons (Fsp3) is 0.355. The van der Waals surface area contributed by atoms with Crippen molar-refractivity contribution < 1.29 is 18.0 Å². The normalized spacial score (nSPS) is 15.2. The molecule has 1 N–H and O–H groups in total. The van der Waals surface area contributed by atoms with Gasteiger partial charge < -0.3 is 15.1 Å². The van der Waals surface area contributed by atoms with Crippen LogP contribution >= 0.6 is 0 Å². The van der Waals surface area contributed by atoms with E-state index in [2.05, 4.69) is 29.0 Å². The number of pyridine rings is 1. The average molecular weight is 537 g/mol. The van der Waals surface area contributed by atoms with Crippen molar-refractivity contribution in [2.24, 2.45) is 0 Å². The fourth-order valence-electron chi connectivity index (χ4n) is 4.83. The number of benzene rings is 2. The SMILES string of the molecule is Cc1cc(Nc2ccc(CN(C(=O)C=Cc3ccc(C(F)(F)F)cc3)C3CCN(C(C)C)CC3)cc2)ccn1. The lowest BCUT2D eigenvalue weighted by Crippen LogP contribution is -2.48. The maximum atomic E-state index is 13.4. The van der Waals surface area contributed by atoms with Crippen molar-refractivity contribution in [3.8, 4) is 0 Å². The summed E-state index contributed by atoms with van der Waals surface area (Å²) in [6.45, 7) is 8.60. The first-order valence-electron chi connectivity index (χ1n) is 13.3. The smallest absolute Gasteiger partial charge is 0.355 e. The quantitative estimate of drug-likeness (QED) is 0.313. The van der Waals surface area contributed by atoms with Crippen molar-refractivity contribution in [1.29, 1.82) is 0 Å². The van der Waals surface area contributed by atoms with Crippen LogP contribution in [0, 0.1) is 6.92 Å². The first-order chi connectivity index (χ1) is 18.6. The van der Waals surface area contributed by atoms with Crippen molar-refractivity contribution in [2.75, 3.05) is 18.4 Å². The van der Waals surface area contributed by atoms with E-state index < -0.39 is 11.7 Å². The fourth-order valence-corrected chi connectivity index (χ4v) is 4.83. The maximum absolute atomic E-state index is 13.4. The van der Waals surface area contributed by atoms with Crippen LogP contribution in [-0.2, 0) is 17.5 Å². The van der Waals surface area contributed by atoms with E-state index in [1.54, 1.807) is 12.3 Å². The van der Waals surface area contributed by atoms with E-state index in [9.17, 15) is 18.0 Å². The molecule has 39 heavy (non-hydrogen) atoms. The van der Waals surface area contributed by atoms with Crippen LogP contribution < -0.4 is 5.32 Å². The van der Waals surface area contributed by atoms with Crippen molar-refractivity contribution in [3.05, 3.63) is 95.3 Å². The van der Waals surface area contributed by atoms with Gasteiger partial charge in [0.25, 0.3) is 0 Å². The summed E-state index contributed by atoms with van der Waals surface area (Å²) >= 11 is 0. The number of aromatic nitrogens is 1. The molecule has 1 aliphatic heterocycles. The lowest BCUT2D eigenvalue weighted by molar-refractivity contribution is -0.137. The van der Waals surface area contributed by atoms with Crippen LogP contribution in [0.15, 0.2) is 72.9 Å². The van der Waals surface area contributed by atoms with E-state index in [0.29, 0.717) is 18.2 Å². The predicted octanol–water partition coefficient (Wildman–Crippen LogP) is 7.07. The molecule has 0 unspecified atom stereocenters. The monoisotopic (exact) mass is 536 g/mol. The predicted molar refractivity (Wildman–Crippen MR) is 149 cm³/mol. The maximum Gasteiger partial charge on any atom is 0.416 e. The Morgan fingerprint density at radius 2 is 1.72 bits per heavy atom. The molecule has 0 aliphatic carbocycles. The number of hydrogen-bond acceptors (Lipinski definition) is 4. The van der Waals surface area contributed by atoms with Gasteiger partial charge in [-0.15, -0.1) is 0 Å². The molecule has 0 atom stereocenters. The van der Waals surface area contributed by atoms with Gasteiger partial charge in [-0.05, 0) is 87.2 Å². The van der Waals surface area contributed by atoms with Crippen LogP contribution in [0.25, 0.3) is 6.08 Å². The number of carbonyl (C=O) groups excluding carboxylic acids is 1. The Bertz CT molecular complexity index is 1260. The molecule has 0 radical (unpaired) electrons. The summed E-state index contributed by atoms with van der Waals surface area (Å²) in [5, 5.41) is 3.37. The van der Waals surface area contributed by atoms with Gasteiger partial charge in [-0.2, -0.15) is 13.2 Å². The number of rotatable bonds is 8. The zero-order valence-electron chi connectivity index (χ0n) is 22.6. The number of aryl methyl sites for hydroxylation is 1. The molecule has 2 heterocycles. The summed E-state index contributed by atoms with van der Waals surface area (Å²) in [6.07, 6.45) is 2.18. The molecule has 1 saturated heterocycles. The zero-order valence-corrected chi connectivity index (χ0v) is 22.6. The van der Waals surface area contributed by atoms with Crippen LogP contribution in [0.2, 0.25) is 0 Å². The third-order valence-corrected chi connectivity index (χ3v) is 7.10. The molecule has 3 aromatic rings. The standard InChI is InChI=1S/C31H35F3N4O/c1-22(2)37-18-15-29(16-19-37)38(30(39)13-8-24-4-9-26(10-5-24)31(32,33)34)21-25-6-11-27(12-7-25)36-28-14-17-35-23(3)20-28/h4-14,17,20,22,29H,15-16,18-19,21H2,1-3H3,(H,35,36). The lowest BCUT2D eigenvalue weighted by Gasteiger charge is -2.39. The highest BCUT2D eigenvalue weighted by Crippen LogP contribution is 2.29. The molecule has 0 saturated carbocycles. The van der Waals surface area contributed by atoms with Gasteiger partial charge in [0.1, 0.15) is 0 Å². The minimum atomic E-state index is -4.39. The number of nitrogens with one attached hydrogen (secondary N) is 1. The number of hydrogen-bond donors (Lipinski definition) is 1. The Balaban J connectivity index is 1.48. The van der Waals surface area contributed by atoms with Gasteiger partial charge in [0, 0.05) is 61.1 Å². The summed E-state index contributed by atoms with van der Waals surface area (Å²) in [7, 11) is 0. The van der Waals surface area contributed by atoms with E-state index in [1.807, 2.05) is 48.2 Å². The van der Waals surface area contributed by atoms with Gasteiger partial charge in [0.15, 0.2) is 0 Å². The van der Waals surface area contributed by atoms with E-state index >= 15 is 0 Å². The summed E-state index contributed by atoms with van der Waals surface area (Å²) in [4.78, 5) is 22.0. The topological polar surface area (TPSA) is 48.5 Å². The van der Waals surface area contributed by atoms with Crippen LogP contribution in [0.1, 0.15) is 49.1 Å². The van der Waals surface area contributed by atoms with Gasteiger partial charge in [0.2, 0.25) is 5.91 Å². The number of amides is 1. The molecule has 5 nitrogen and oxygen atoms in total. The molecule has 1 aliphatic rings. The Hall–Kier alpha value is -3.65. The second-order valence-electron chi connectivity index (χ2n) is 10.3. The minimum absolute atomic E-state index is 0.0855. The molecule has 8 heteroatoms. The molecule has 1 aromatic heterocycles. The molecule has 0 bridgehead atoms. The number of piperidine rings is 1. The van der Waals surface area contributed by atoms with Crippen molar-refractivity contribution in [1.82, 2.24) is 14.8 Å². The largest absolute Gasteiger partial charge is 0.416 e. The van der Waals surface area contributed by atoms with Crippen molar-refractivity contribution >= 4 is 23.4 Å². The van der Waals surface area contributed by atoms with E-state index in [4.69, 9.17) is 0 Å². The summed E-state index contributed by atoms with van der Waals surface area (Å²) in [5.74, 6) is -0.146. The number of nitrogens with zero attached hydrogens (tertiary/aromatic N) is 3. The highest BCUT2D eigenvalue weighted by Gasteiger charge is 2.30. The number of alkyl halides is 3. The second kappa shape index (κ2) is 12.5. The molecule has 0 spiro atoms. The summed E-state index contributed by atoms with van der Waals surface area (Å²) in [6, 6.07) is 17.3. The number of likely N-dealkylation sites (tertiary alicyclic amines) is 1. The molecular formula is C31H35F3N4O. The van der Waals surface area contributed by atoms with Gasteiger partial charge in [0.05, 0.1) is 5.56 Å². The van der Waals surface area contributed by atoms with Gasteiger partial charge >= 0.3 is 6.18 Å². The number of anilines is 2. The van der Waals surface area contributed by atoms with E-state index in [0.717, 1.165) is 60.7 Å². The van der Waals surface area contributed by atoms with Crippen LogP contribution in [0.3, 0.4) is 0 Å². The van der Waals surface area contributed by atoms with Crippen molar-refractivity contribution in [2.45, 2.75) is 58.4 Å². The van der Waals surface area contributed by atoms with Crippen LogP contribution in [-0.4, -0.2) is 45.9 Å². The third kappa shape index (κ3) is 7.93. The minimum Gasteiger partial charge on any atom is -0.355 e. The molecule has 2 aromatic carbocycles. The average Bonchev–Trinajstić information content (AvgIpc) is 2.91.